The van der Waals surface area contributed by atoms with Crippen LogP contribution >= 0.6 is 11.8 Å². The van der Waals surface area contributed by atoms with E-state index in [1.54, 1.807) is 7.11 Å². The molecular formula is C15H18O4S. The van der Waals surface area contributed by atoms with Gasteiger partial charge in [0.15, 0.2) is 11.5 Å². The second-order valence-electron chi connectivity index (χ2n) is 5.47. The summed E-state index contributed by atoms with van der Waals surface area (Å²) in [5.41, 5.74) is 0.739. The van der Waals surface area contributed by atoms with Crippen LogP contribution in [0.2, 0.25) is 0 Å². The summed E-state index contributed by atoms with van der Waals surface area (Å²) in [5.74, 6) is 2.68. The second kappa shape index (κ2) is 5.20. The van der Waals surface area contributed by atoms with Crippen LogP contribution in [-0.2, 0) is 10.2 Å². The summed E-state index contributed by atoms with van der Waals surface area (Å²) < 4.78 is 11.5. The molecule has 108 valence electrons. The lowest BCUT2D eigenvalue weighted by Crippen LogP contribution is -2.32. The molecule has 0 aromatic heterocycles. The minimum absolute atomic E-state index is 0.163. The molecule has 20 heavy (non-hydrogen) atoms. The Hall–Kier alpha value is -1.36. The highest BCUT2D eigenvalue weighted by Gasteiger charge is 2.48. The number of thioether (sulfide) groups is 1. The van der Waals surface area contributed by atoms with Crippen molar-refractivity contribution in [2.75, 3.05) is 18.6 Å². The Morgan fingerprint density at radius 1 is 1.45 bits per heavy atom. The van der Waals surface area contributed by atoms with Gasteiger partial charge in [-0.3, -0.25) is 4.79 Å². The number of carboxylic acids is 1. The first kappa shape index (κ1) is 13.6. The zero-order chi connectivity index (χ0) is 14.2. The number of carboxylic acid groups (broad SMARTS) is 1. The van der Waals surface area contributed by atoms with E-state index >= 15 is 0 Å². The lowest BCUT2D eigenvalue weighted by Gasteiger charge is -2.29. The summed E-state index contributed by atoms with van der Waals surface area (Å²) in [6, 6.07) is 5.78. The van der Waals surface area contributed by atoms with E-state index in [1.165, 1.54) is 0 Å². The van der Waals surface area contributed by atoms with Gasteiger partial charge < -0.3 is 14.6 Å². The van der Waals surface area contributed by atoms with Gasteiger partial charge >= 0.3 is 5.97 Å². The molecule has 0 unspecified atom stereocenters. The molecule has 3 rings (SSSR count). The average Bonchev–Trinajstić information content (AvgIpc) is 3.13. The number of para-hydroxylation sites is 1. The molecule has 1 aliphatic carbocycles. The van der Waals surface area contributed by atoms with Crippen molar-refractivity contribution >= 4 is 17.7 Å². The van der Waals surface area contributed by atoms with Crippen LogP contribution in [0.1, 0.15) is 24.8 Å². The standard InChI is InChI=1S/C15H18O4S/c1-18-12-4-2-3-11(14(12)19-10-8-20-9-10)15(5-6-15)7-13(16)17/h2-4,10H,5-9H2,1H3,(H,16,17). The third-order valence-electron chi connectivity index (χ3n) is 4.01. The molecule has 4 nitrogen and oxygen atoms in total. The summed E-state index contributed by atoms with van der Waals surface area (Å²) in [6.07, 6.45) is 2.19. The summed E-state index contributed by atoms with van der Waals surface area (Å²) in [7, 11) is 1.62. The van der Waals surface area contributed by atoms with E-state index in [1.807, 2.05) is 30.0 Å². The van der Waals surface area contributed by atoms with Crippen molar-refractivity contribution in [1.82, 2.24) is 0 Å². The van der Waals surface area contributed by atoms with Crippen LogP contribution in [-0.4, -0.2) is 35.8 Å². The topological polar surface area (TPSA) is 55.8 Å². The van der Waals surface area contributed by atoms with E-state index in [9.17, 15) is 4.79 Å². The number of benzene rings is 1. The molecule has 0 amide bonds. The van der Waals surface area contributed by atoms with Gasteiger partial charge in [0.05, 0.1) is 13.5 Å². The molecule has 0 radical (unpaired) electrons. The number of carbonyl (C=O) groups is 1. The van der Waals surface area contributed by atoms with Gasteiger partial charge in [0.25, 0.3) is 0 Å². The van der Waals surface area contributed by atoms with Gasteiger partial charge in [0.1, 0.15) is 6.10 Å². The zero-order valence-corrected chi connectivity index (χ0v) is 12.2. The fourth-order valence-electron chi connectivity index (χ4n) is 2.65. The molecule has 1 aromatic carbocycles. The number of hydrogen-bond acceptors (Lipinski definition) is 4. The maximum Gasteiger partial charge on any atom is 0.304 e. The Morgan fingerprint density at radius 2 is 2.20 bits per heavy atom. The van der Waals surface area contributed by atoms with Crippen LogP contribution in [0.15, 0.2) is 18.2 Å². The molecule has 0 spiro atoms. The molecule has 2 aliphatic rings. The van der Waals surface area contributed by atoms with Crippen molar-refractivity contribution in [2.45, 2.75) is 30.8 Å². The maximum absolute atomic E-state index is 11.1. The molecule has 0 atom stereocenters. The van der Waals surface area contributed by atoms with Crippen molar-refractivity contribution in [3.05, 3.63) is 23.8 Å². The van der Waals surface area contributed by atoms with Crippen molar-refractivity contribution in [3.8, 4) is 11.5 Å². The van der Waals surface area contributed by atoms with Crippen LogP contribution in [0.4, 0.5) is 0 Å². The van der Waals surface area contributed by atoms with Crippen molar-refractivity contribution in [1.29, 1.82) is 0 Å². The fourth-order valence-corrected chi connectivity index (χ4v) is 3.21. The number of methoxy groups -OCH3 is 1. The highest BCUT2D eigenvalue weighted by molar-refractivity contribution is 8.00. The van der Waals surface area contributed by atoms with Gasteiger partial charge in [0.2, 0.25) is 0 Å². The quantitative estimate of drug-likeness (QED) is 0.874. The Labute approximate surface area is 122 Å². The molecule has 0 bridgehead atoms. The molecule has 1 aromatic rings. The number of hydrogen-bond donors (Lipinski definition) is 1. The first-order valence-corrected chi connectivity index (χ1v) is 7.94. The van der Waals surface area contributed by atoms with E-state index < -0.39 is 5.97 Å². The highest BCUT2D eigenvalue weighted by Crippen LogP contribution is 2.55. The van der Waals surface area contributed by atoms with Gasteiger partial charge in [-0.25, -0.2) is 0 Å². The van der Waals surface area contributed by atoms with Crippen LogP contribution in [0.25, 0.3) is 0 Å². The first-order valence-electron chi connectivity index (χ1n) is 6.78. The summed E-state index contributed by atoms with van der Waals surface area (Å²) in [4.78, 5) is 11.1. The number of ether oxygens (including phenoxy) is 2. The molecule has 1 N–H and O–H groups in total. The van der Waals surface area contributed by atoms with Gasteiger partial charge in [-0.1, -0.05) is 12.1 Å². The normalized spacial score (nSPS) is 20.1. The molecule has 1 aliphatic heterocycles. The Morgan fingerprint density at radius 3 is 2.70 bits per heavy atom. The molecule has 5 heteroatoms. The Balaban J connectivity index is 1.94. The van der Waals surface area contributed by atoms with Gasteiger partial charge in [-0.15, -0.1) is 0 Å². The third kappa shape index (κ3) is 2.46. The van der Waals surface area contributed by atoms with Gasteiger partial charge in [-0.2, -0.15) is 11.8 Å². The average molecular weight is 294 g/mol. The van der Waals surface area contributed by atoms with E-state index in [0.717, 1.165) is 35.7 Å². The lowest BCUT2D eigenvalue weighted by molar-refractivity contribution is -0.137. The van der Waals surface area contributed by atoms with Gasteiger partial charge in [0, 0.05) is 22.5 Å². The molecule has 1 saturated carbocycles. The highest BCUT2D eigenvalue weighted by atomic mass is 32.2. The van der Waals surface area contributed by atoms with Crippen LogP contribution in [0, 0.1) is 0 Å². The van der Waals surface area contributed by atoms with Crippen molar-refractivity contribution < 1.29 is 19.4 Å². The first-order chi connectivity index (χ1) is 9.64. The van der Waals surface area contributed by atoms with Gasteiger partial charge in [-0.05, 0) is 18.9 Å². The fraction of sp³-hybridized carbons (Fsp3) is 0.533. The minimum atomic E-state index is -0.754. The molecular weight excluding hydrogens is 276 g/mol. The predicted molar refractivity (Wildman–Crippen MR) is 77.9 cm³/mol. The summed E-state index contributed by atoms with van der Waals surface area (Å²) in [6.45, 7) is 0. The van der Waals surface area contributed by atoms with E-state index in [-0.39, 0.29) is 17.9 Å². The predicted octanol–water partition coefficient (Wildman–Crippen LogP) is 2.70. The van der Waals surface area contributed by atoms with E-state index in [4.69, 9.17) is 14.6 Å². The van der Waals surface area contributed by atoms with Crippen molar-refractivity contribution in [2.24, 2.45) is 0 Å². The number of aliphatic carboxylic acids is 1. The third-order valence-corrected chi connectivity index (χ3v) is 5.22. The summed E-state index contributed by atoms with van der Waals surface area (Å²) in [5, 5.41) is 9.13. The lowest BCUT2D eigenvalue weighted by atomic mass is 9.91. The van der Waals surface area contributed by atoms with Crippen LogP contribution < -0.4 is 9.47 Å². The number of rotatable bonds is 6. The van der Waals surface area contributed by atoms with E-state index in [2.05, 4.69) is 0 Å². The smallest absolute Gasteiger partial charge is 0.304 e. The zero-order valence-electron chi connectivity index (χ0n) is 11.4. The maximum atomic E-state index is 11.1. The molecule has 2 fully saturated rings. The largest absolute Gasteiger partial charge is 0.493 e. The Bertz CT molecular complexity index is 521. The second-order valence-corrected chi connectivity index (χ2v) is 6.54. The molecule has 1 heterocycles. The Kier molecular flexibility index (Phi) is 3.54. The van der Waals surface area contributed by atoms with Crippen LogP contribution in [0.5, 0.6) is 11.5 Å². The SMILES string of the molecule is COc1cccc(C2(CC(=O)O)CC2)c1OC1CSC1. The monoisotopic (exact) mass is 294 g/mol. The molecule has 1 saturated heterocycles. The summed E-state index contributed by atoms with van der Waals surface area (Å²) >= 11 is 1.86. The van der Waals surface area contributed by atoms with Crippen LogP contribution in [0.3, 0.4) is 0 Å². The van der Waals surface area contributed by atoms with Crippen molar-refractivity contribution in [3.63, 3.8) is 0 Å². The minimum Gasteiger partial charge on any atom is -0.493 e. The van der Waals surface area contributed by atoms with E-state index in [0.29, 0.717) is 5.75 Å².